The van der Waals surface area contributed by atoms with Crippen molar-refractivity contribution in [3.63, 3.8) is 0 Å². The van der Waals surface area contributed by atoms with Gasteiger partial charge in [0.25, 0.3) is 0 Å². The number of esters is 1. The maximum absolute atomic E-state index is 12.6. The quantitative estimate of drug-likeness (QED) is 0.695. The summed E-state index contributed by atoms with van der Waals surface area (Å²) in [6, 6.07) is 7.16. The summed E-state index contributed by atoms with van der Waals surface area (Å²) >= 11 is 7.25. The Balaban J connectivity index is 1.80. The predicted molar refractivity (Wildman–Crippen MR) is 111 cm³/mol. The predicted octanol–water partition coefficient (Wildman–Crippen LogP) is 3.64. The van der Waals surface area contributed by atoms with Gasteiger partial charge in [0.1, 0.15) is 10.6 Å². The van der Waals surface area contributed by atoms with E-state index in [9.17, 15) is 14.7 Å². The fourth-order valence-corrected chi connectivity index (χ4v) is 4.34. The lowest BCUT2D eigenvalue weighted by Gasteiger charge is -2.29. The number of ether oxygens (including phenoxy) is 1. The van der Waals surface area contributed by atoms with Gasteiger partial charge in [-0.2, -0.15) is 0 Å². The largest absolute Gasteiger partial charge is 0.462 e. The first-order chi connectivity index (χ1) is 13.5. The number of benzene rings is 1. The Bertz CT molecular complexity index is 837. The lowest BCUT2D eigenvalue weighted by Crippen LogP contribution is -2.42. The molecule has 150 valence electrons. The second-order valence-corrected chi connectivity index (χ2v) is 7.98. The number of aliphatic hydroxyl groups is 1. The fourth-order valence-electron chi connectivity index (χ4n) is 3.24. The SMILES string of the molecule is CCOC(=O)c1c(-c2ccc(Cl)cc2)csc1NC(=O)CN1CCCC(O)C1. The summed E-state index contributed by atoms with van der Waals surface area (Å²) in [6.07, 6.45) is 1.23. The van der Waals surface area contributed by atoms with E-state index in [-0.39, 0.29) is 19.1 Å². The minimum absolute atomic E-state index is 0.174. The zero-order valence-corrected chi connectivity index (χ0v) is 17.2. The molecule has 0 spiro atoms. The van der Waals surface area contributed by atoms with E-state index in [2.05, 4.69) is 5.32 Å². The van der Waals surface area contributed by atoms with Crippen LogP contribution in [0.4, 0.5) is 5.00 Å². The molecule has 1 amide bonds. The number of nitrogens with zero attached hydrogens (tertiary/aromatic N) is 1. The molecule has 1 saturated heterocycles. The summed E-state index contributed by atoms with van der Waals surface area (Å²) in [5, 5.41) is 15.5. The molecule has 0 aliphatic carbocycles. The third kappa shape index (κ3) is 5.11. The molecule has 6 nitrogen and oxygen atoms in total. The Labute approximate surface area is 173 Å². The minimum Gasteiger partial charge on any atom is -0.462 e. The number of thiophene rings is 1. The topological polar surface area (TPSA) is 78.9 Å². The van der Waals surface area contributed by atoms with Crippen molar-refractivity contribution in [1.29, 1.82) is 0 Å². The number of piperidine rings is 1. The molecule has 2 N–H and O–H groups in total. The van der Waals surface area contributed by atoms with E-state index < -0.39 is 12.1 Å². The highest BCUT2D eigenvalue weighted by Crippen LogP contribution is 2.36. The van der Waals surface area contributed by atoms with Crippen molar-refractivity contribution in [2.24, 2.45) is 0 Å². The molecule has 0 bridgehead atoms. The van der Waals surface area contributed by atoms with Gasteiger partial charge in [-0.1, -0.05) is 23.7 Å². The molecule has 2 aromatic rings. The van der Waals surface area contributed by atoms with Crippen molar-refractivity contribution in [1.82, 2.24) is 4.90 Å². The van der Waals surface area contributed by atoms with E-state index in [4.69, 9.17) is 16.3 Å². The first-order valence-electron chi connectivity index (χ1n) is 9.22. The average Bonchev–Trinajstić information content (AvgIpc) is 3.06. The van der Waals surface area contributed by atoms with Crippen LogP contribution in [0.3, 0.4) is 0 Å². The molecule has 28 heavy (non-hydrogen) atoms. The number of hydrogen-bond acceptors (Lipinski definition) is 6. The van der Waals surface area contributed by atoms with Gasteiger partial charge < -0.3 is 15.2 Å². The van der Waals surface area contributed by atoms with Gasteiger partial charge >= 0.3 is 5.97 Å². The van der Waals surface area contributed by atoms with Gasteiger partial charge in [0.2, 0.25) is 5.91 Å². The number of rotatable bonds is 6. The second-order valence-electron chi connectivity index (χ2n) is 6.66. The summed E-state index contributed by atoms with van der Waals surface area (Å²) in [6.45, 7) is 3.42. The van der Waals surface area contributed by atoms with Crippen LogP contribution in [0.15, 0.2) is 29.6 Å². The number of nitrogens with one attached hydrogen (secondary N) is 1. The number of carbonyl (C=O) groups excluding carboxylic acids is 2. The number of hydrogen-bond donors (Lipinski definition) is 2. The first-order valence-corrected chi connectivity index (χ1v) is 10.5. The lowest BCUT2D eigenvalue weighted by molar-refractivity contribution is -0.117. The number of carbonyl (C=O) groups is 2. The number of amides is 1. The lowest BCUT2D eigenvalue weighted by atomic mass is 10.0. The van der Waals surface area contributed by atoms with E-state index in [0.29, 0.717) is 27.7 Å². The molecule has 1 aromatic carbocycles. The summed E-state index contributed by atoms with van der Waals surface area (Å²) in [5.74, 6) is -0.693. The van der Waals surface area contributed by atoms with Crippen molar-refractivity contribution < 1.29 is 19.4 Å². The molecular formula is C20H23ClN2O4S. The Morgan fingerprint density at radius 1 is 1.36 bits per heavy atom. The first kappa shape index (κ1) is 20.8. The summed E-state index contributed by atoms with van der Waals surface area (Å²) < 4.78 is 5.21. The Morgan fingerprint density at radius 3 is 2.79 bits per heavy atom. The molecule has 1 fully saturated rings. The highest BCUT2D eigenvalue weighted by molar-refractivity contribution is 7.15. The van der Waals surface area contributed by atoms with Gasteiger partial charge in [-0.15, -0.1) is 11.3 Å². The van der Waals surface area contributed by atoms with Crippen LogP contribution in [0.25, 0.3) is 11.1 Å². The fraction of sp³-hybridized carbons (Fsp3) is 0.400. The Kier molecular flexibility index (Phi) is 7.07. The number of anilines is 1. The van der Waals surface area contributed by atoms with Crippen molar-refractivity contribution in [2.75, 3.05) is 31.6 Å². The van der Waals surface area contributed by atoms with E-state index in [1.807, 2.05) is 22.4 Å². The van der Waals surface area contributed by atoms with Crippen LogP contribution in [0.5, 0.6) is 0 Å². The smallest absolute Gasteiger partial charge is 0.341 e. The summed E-state index contributed by atoms with van der Waals surface area (Å²) in [4.78, 5) is 27.0. The van der Waals surface area contributed by atoms with Crippen LogP contribution in [0, 0.1) is 0 Å². The van der Waals surface area contributed by atoms with Crippen LogP contribution < -0.4 is 5.32 Å². The van der Waals surface area contributed by atoms with Gasteiger partial charge in [-0.05, 0) is 44.0 Å². The molecule has 0 saturated carbocycles. The minimum atomic E-state index is -0.475. The van der Waals surface area contributed by atoms with E-state index in [0.717, 1.165) is 24.9 Å². The van der Waals surface area contributed by atoms with Gasteiger partial charge in [0, 0.05) is 22.5 Å². The zero-order valence-electron chi connectivity index (χ0n) is 15.6. The van der Waals surface area contributed by atoms with Crippen LogP contribution in [-0.2, 0) is 9.53 Å². The van der Waals surface area contributed by atoms with E-state index in [1.54, 1.807) is 19.1 Å². The van der Waals surface area contributed by atoms with E-state index >= 15 is 0 Å². The molecule has 8 heteroatoms. The molecule has 0 radical (unpaired) electrons. The van der Waals surface area contributed by atoms with Crippen LogP contribution in [0.2, 0.25) is 5.02 Å². The second kappa shape index (κ2) is 9.52. The van der Waals surface area contributed by atoms with Crippen molar-refractivity contribution in [2.45, 2.75) is 25.9 Å². The standard InChI is InChI=1S/C20H23ClN2O4S/c1-2-27-20(26)18-16(13-5-7-14(21)8-6-13)12-28-19(18)22-17(25)11-23-9-3-4-15(24)10-23/h5-8,12,15,24H,2-4,9-11H2,1H3,(H,22,25). The highest BCUT2D eigenvalue weighted by Gasteiger charge is 2.24. The number of β-amino-alcohol motifs (C(OH)–C–C–N with tert-alkyl or cyclic N) is 1. The molecule has 1 unspecified atom stereocenters. The van der Waals surface area contributed by atoms with Crippen molar-refractivity contribution in [3.8, 4) is 11.1 Å². The molecule has 1 aliphatic rings. The third-order valence-electron chi connectivity index (χ3n) is 4.53. The Hall–Kier alpha value is -1.93. The summed E-state index contributed by atoms with van der Waals surface area (Å²) in [5.41, 5.74) is 1.87. The van der Waals surface area contributed by atoms with Gasteiger partial charge in [-0.3, -0.25) is 9.69 Å². The molecule has 2 heterocycles. The number of aliphatic hydroxyl groups excluding tert-OH is 1. The maximum atomic E-state index is 12.6. The normalized spacial score (nSPS) is 17.3. The van der Waals surface area contributed by atoms with Crippen molar-refractivity contribution >= 4 is 39.8 Å². The van der Waals surface area contributed by atoms with Gasteiger partial charge in [0.05, 0.1) is 19.3 Å². The molecule has 1 atom stereocenters. The maximum Gasteiger partial charge on any atom is 0.341 e. The van der Waals surface area contributed by atoms with E-state index in [1.165, 1.54) is 11.3 Å². The monoisotopic (exact) mass is 422 g/mol. The molecular weight excluding hydrogens is 400 g/mol. The highest BCUT2D eigenvalue weighted by atomic mass is 35.5. The average molecular weight is 423 g/mol. The molecule has 3 rings (SSSR count). The number of halogens is 1. The van der Waals surface area contributed by atoms with Crippen LogP contribution in [0.1, 0.15) is 30.1 Å². The van der Waals surface area contributed by atoms with Gasteiger partial charge in [-0.25, -0.2) is 4.79 Å². The zero-order chi connectivity index (χ0) is 20.1. The van der Waals surface area contributed by atoms with Crippen molar-refractivity contribution in [3.05, 3.63) is 40.2 Å². The molecule has 1 aliphatic heterocycles. The van der Waals surface area contributed by atoms with Crippen LogP contribution >= 0.6 is 22.9 Å². The number of likely N-dealkylation sites (tertiary alicyclic amines) is 1. The molecule has 1 aromatic heterocycles. The summed E-state index contributed by atoms with van der Waals surface area (Å²) in [7, 11) is 0. The van der Waals surface area contributed by atoms with Crippen LogP contribution in [-0.4, -0.2) is 54.2 Å². The third-order valence-corrected chi connectivity index (χ3v) is 5.67. The van der Waals surface area contributed by atoms with Gasteiger partial charge in [0.15, 0.2) is 0 Å². The Morgan fingerprint density at radius 2 is 2.11 bits per heavy atom.